The van der Waals surface area contributed by atoms with E-state index >= 15 is 0 Å². The SMILES string of the molecule is CCCCN(C(=O)C(CC(N)=O)NC(=O)OC(C)(C)C)C(C(=O)Nc1ccc(OC)cc1)c1ccc(CC)cc1. The van der Waals surface area contributed by atoms with Gasteiger partial charge in [0.2, 0.25) is 11.8 Å². The summed E-state index contributed by atoms with van der Waals surface area (Å²) in [5.41, 5.74) is 6.80. The number of aryl methyl sites for hydroxylation is 1. The van der Waals surface area contributed by atoms with Crippen molar-refractivity contribution in [1.82, 2.24) is 10.2 Å². The predicted molar refractivity (Wildman–Crippen MR) is 154 cm³/mol. The third-order valence-electron chi connectivity index (χ3n) is 6.05. The van der Waals surface area contributed by atoms with Gasteiger partial charge in [-0.1, -0.05) is 44.5 Å². The maximum absolute atomic E-state index is 14.0. The Labute approximate surface area is 236 Å². The summed E-state index contributed by atoms with van der Waals surface area (Å²) < 4.78 is 10.5. The first-order valence-electron chi connectivity index (χ1n) is 13.5. The second-order valence-electron chi connectivity index (χ2n) is 10.5. The summed E-state index contributed by atoms with van der Waals surface area (Å²) in [7, 11) is 1.55. The van der Waals surface area contributed by atoms with Crippen molar-refractivity contribution in [2.24, 2.45) is 5.73 Å². The average molecular weight is 555 g/mol. The number of nitrogens with two attached hydrogens (primary N) is 1. The third kappa shape index (κ3) is 9.91. The van der Waals surface area contributed by atoms with Crippen LogP contribution in [-0.2, 0) is 25.5 Å². The van der Waals surface area contributed by atoms with Gasteiger partial charge in [0.1, 0.15) is 23.4 Å². The Hall–Kier alpha value is -4.08. The van der Waals surface area contributed by atoms with Crippen LogP contribution in [-0.4, -0.2) is 54.0 Å². The number of benzene rings is 2. The lowest BCUT2D eigenvalue weighted by atomic mass is 9.99. The molecule has 4 N–H and O–H groups in total. The summed E-state index contributed by atoms with van der Waals surface area (Å²) >= 11 is 0. The van der Waals surface area contributed by atoms with E-state index in [4.69, 9.17) is 15.2 Å². The molecule has 0 aliphatic rings. The molecule has 0 fully saturated rings. The van der Waals surface area contributed by atoms with Crippen molar-refractivity contribution in [1.29, 1.82) is 0 Å². The molecule has 2 aromatic carbocycles. The van der Waals surface area contributed by atoms with Crippen LogP contribution in [0.15, 0.2) is 48.5 Å². The zero-order valence-corrected chi connectivity index (χ0v) is 24.3. The summed E-state index contributed by atoms with van der Waals surface area (Å²) in [6.45, 7) is 9.25. The van der Waals surface area contributed by atoms with Crippen molar-refractivity contribution in [3.8, 4) is 5.75 Å². The maximum atomic E-state index is 14.0. The highest BCUT2D eigenvalue weighted by molar-refractivity contribution is 5.99. The first-order valence-corrected chi connectivity index (χ1v) is 13.5. The lowest BCUT2D eigenvalue weighted by Gasteiger charge is -2.34. The number of hydrogen-bond acceptors (Lipinski definition) is 6. The minimum atomic E-state index is -1.32. The smallest absolute Gasteiger partial charge is 0.408 e. The second kappa shape index (κ2) is 14.9. The summed E-state index contributed by atoms with van der Waals surface area (Å²) in [5, 5.41) is 5.38. The number of nitrogens with one attached hydrogen (secondary N) is 2. The van der Waals surface area contributed by atoms with Crippen LogP contribution in [0, 0.1) is 0 Å². The molecule has 2 rings (SSSR count). The highest BCUT2D eigenvalue weighted by Crippen LogP contribution is 2.26. The fraction of sp³-hybridized carbons (Fsp3) is 0.467. The minimum absolute atomic E-state index is 0.205. The summed E-state index contributed by atoms with van der Waals surface area (Å²) in [6.07, 6.45) is 0.810. The first-order chi connectivity index (χ1) is 18.9. The number of amides is 4. The number of unbranched alkanes of at least 4 members (excludes halogenated alkanes) is 1. The molecule has 0 spiro atoms. The molecule has 0 aliphatic heterocycles. The van der Waals surface area contributed by atoms with Crippen molar-refractivity contribution < 1.29 is 28.7 Å². The molecule has 40 heavy (non-hydrogen) atoms. The molecular weight excluding hydrogens is 512 g/mol. The van der Waals surface area contributed by atoms with Gasteiger partial charge >= 0.3 is 6.09 Å². The fourth-order valence-electron chi connectivity index (χ4n) is 4.04. The molecule has 4 amide bonds. The van der Waals surface area contributed by atoms with Crippen molar-refractivity contribution in [2.45, 2.75) is 78.0 Å². The van der Waals surface area contributed by atoms with Gasteiger partial charge in [0.25, 0.3) is 5.91 Å². The van der Waals surface area contributed by atoms with Crippen molar-refractivity contribution >= 4 is 29.5 Å². The largest absolute Gasteiger partial charge is 0.497 e. The van der Waals surface area contributed by atoms with Crippen LogP contribution in [0.25, 0.3) is 0 Å². The number of primary amides is 1. The van der Waals surface area contributed by atoms with E-state index in [1.165, 1.54) is 4.90 Å². The Kier molecular flexibility index (Phi) is 12.0. The van der Waals surface area contributed by atoms with Gasteiger partial charge in [-0.2, -0.15) is 0 Å². The van der Waals surface area contributed by atoms with E-state index in [2.05, 4.69) is 10.6 Å². The summed E-state index contributed by atoms with van der Waals surface area (Å²) in [4.78, 5) is 53.8. The Bertz CT molecular complexity index is 1140. The molecular formula is C30H42N4O6. The Balaban J connectivity index is 2.52. The average Bonchev–Trinajstić information content (AvgIpc) is 2.89. The zero-order valence-electron chi connectivity index (χ0n) is 24.3. The number of carbonyl (C=O) groups excluding carboxylic acids is 4. The van der Waals surface area contributed by atoms with Gasteiger partial charge < -0.3 is 30.7 Å². The minimum Gasteiger partial charge on any atom is -0.497 e. The van der Waals surface area contributed by atoms with E-state index in [0.29, 0.717) is 23.4 Å². The highest BCUT2D eigenvalue weighted by atomic mass is 16.6. The van der Waals surface area contributed by atoms with E-state index in [9.17, 15) is 19.2 Å². The number of hydrogen-bond donors (Lipinski definition) is 3. The van der Waals surface area contributed by atoms with E-state index in [1.807, 2.05) is 38.1 Å². The molecule has 2 atom stereocenters. The molecule has 0 radical (unpaired) electrons. The van der Waals surface area contributed by atoms with Crippen LogP contribution >= 0.6 is 0 Å². The normalized spacial score (nSPS) is 12.6. The van der Waals surface area contributed by atoms with Gasteiger partial charge in [0.05, 0.1) is 13.5 Å². The molecule has 0 saturated heterocycles. The van der Waals surface area contributed by atoms with Crippen LogP contribution in [0.1, 0.15) is 71.0 Å². The number of rotatable bonds is 13. The second-order valence-corrected chi connectivity index (χ2v) is 10.5. The number of methoxy groups -OCH3 is 1. The van der Waals surface area contributed by atoms with E-state index in [1.54, 1.807) is 52.1 Å². The monoisotopic (exact) mass is 554 g/mol. The molecule has 10 heteroatoms. The van der Waals surface area contributed by atoms with Gasteiger partial charge in [-0.05, 0) is 69.0 Å². The number of alkyl carbamates (subject to hydrolysis) is 1. The van der Waals surface area contributed by atoms with Crippen LogP contribution in [0.4, 0.5) is 10.5 Å². The van der Waals surface area contributed by atoms with E-state index in [0.717, 1.165) is 18.4 Å². The molecule has 10 nitrogen and oxygen atoms in total. The van der Waals surface area contributed by atoms with Crippen molar-refractivity contribution in [3.05, 3.63) is 59.7 Å². The van der Waals surface area contributed by atoms with Crippen LogP contribution in [0.2, 0.25) is 0 Å². The highest BCUT2D eigenvalue weighted by Gasteiger charge is 2.36. The Morgan fingerprint density at radius 3 is 2.10 bits per heavy atom. The quantitative estimate of drug-likeness (QED) is 0.337. The number of nitrogens with zero attached hydrogens (tertiary/aromatic N) is 1. The molecule has 0 heterocycles. The van der Waals surface area contributed by atoms with Gasteiger partial charge in [0, 0.05) is 12.2 Å². The summed E-state index contributed by atoms with van der Waals surface area (Å²) in [6, 6.07) is 11.9. The molecule has 0 aromatic heterocycles. The fourth-order valence-corrected chi connectivity index (χ4v) is 4.04. The molecule has 2 unspecified atom stereocenters. The van der Waals surface area contributed by atoms with Gasteiger partial charge in [0.15, 0.2) is 0 Å². The maximum Gasteiger partial charge on any atom is 0.408 e. The predicted octanol–water partition coefficient (Wildman–Crippen LogP) is 4.33. The Morgan fingerprint density at radius 2 is 1.60 bits per heavy atom. The molecule has 218 valence electrons. The van der Waals surface area contributed by atoms with E-state index in [-0.39, 0.29) is 6.54 Å². The molecule has 2 aromatic rings. The topological polar surface area (TPSA) is 140 Å². The van der Waals surface area contributed by atoms with Crippen molar-refractivity contribution in [3.63, 3.8) is 0 Å². The van der Waals surface area contributed by atoms with Crippen molar-refractivity contribution in [2.75, 3.05) is 19.0 Å². The number of ether oxygens (including phenoxy) is 2. The lowest BCUT2D eigenvalue weighted by molar-refractivity contribution is -0.142. The third-order valence-corrected chi connectivity index (χ3v) is 6.05. The number of anilines is 1. The van der Waals surface area contributed by atoms with Gasteiger partial charge in [-0.3, -0.25) is 14.4 Å². The number of carbonyl (C=O) groups is 4. The lowest BCUT2D eigenvalue weighted by Crippen LogP contribution is -2.53. The Morgan fingerprint density at radius 1 is 0.975 bits per heavy atom. The van der Waals surface area contributed by atoms with Crippen LogP contribution in [0.3, 0.4) is 0 Å². The first kappa shape index (κ1) is 32.1. The van der Waals surface area contributed by atoms with E-state index < -0.39 is 47.9 Å². The molecule has 0 bridgehead atoms. The zero-order chi connectivity index (χ0) is 29.9. The standard InChI is InChI=1S/C30H42N4O6/c1-7-9-18-34(28(37)24(19-25(31)35)33-29(38)40-30(3,4)5)26(21-12-10-20(8-2)11-13-21)27(36)32-22-14-16-23(39-6)17-15-22/h10-17,24,26H,7-9,18-19H2,1-6H3,(H2,31,35)(H,32,36)(H,33,38). The summed E-state index contributed by atoms with van der Waals surface area (Å²) in [5.74, 6) is -1.22. The van der Waals surface area contributed by atoms with Gasteiger partial charge in [-0.15, -0.1) is 0 Å². The molecule has 0 aliphatic carbocycles. The molecule has 0 saturated carbocycles. The van der Waals surface area contributed by atoms with Gasteiger partial charge in [-0.25, -0.2) is 4.79 Å². The van der Waals surface area contributed by atoms with Crippen LogP contribution < -0.4 is 21.1 Å². The van der Waals surface area contributed by atoms with Crippen LogP contribution in [0.5, 0.6) is 5.75 Å².